The lowest BCUT2D eigenvalue weighted by Crippen LogP contribution is -2.16. The van der Waals surface area contributed by atoms with Crippen LogP contribution < -0.4 is 9.46 Å². The number of halogens is 2. The fourth-order valence-corrected chi connectivity index (χ4v) is 4.12. The van der Waals surface area contributed by atoms with Gasteiger partial charge in [0.15, 0.2) is 5.65 Å². The summed E-state index contributed by atoms with van der Waals surface area (Å²) in [6, 6.07) is 7.07. The van der Waals surface area contributed by atoms with Crippen molar-refractivity contribution in [2.24, 2.45) is 0 Å². The molecule has 168 valence electrons. The van der Waals surface area contributed by atoms with Gasteiger partial charge in [0.05, 0.1) is 19.0 Å². The molecule has 0 aliphatic heterocycles. The molecular formula is C22H17F2N5O3S. The number of hydrogen-bond donors (Lipinski definition) is 1. The molecule has 1 aromatic carbocycles. The second-order valence-electron chi connectivity index (χ2n) is 6.75. The molecule has 0 amide bonds. The Morgan fingerprint density at radius 2 is 1.94 bits per heavy atom. The van der Waals surface area contributed by atoms with Crippen molar-refractivity contribution in [1.29, 1.82) is 0 Å². The fourth-order valence-electron chi connectivity index (χ4n) is 3.01. The predicted octanol–water partition coefficient (Wildman–Crippen LogP) is 3.64. The van der Waals surface area contributed by atoms with Crippen molar-refractivity contribution >= 4 is 21.4 Å². The van der Waals surface area contributed by atoms with Crippen molar-refractivity contribution in [2.45, 2.75) is 18.2 Å². The highest BCUT2D eigenvalue weighted by molar-refractivity contribution is 7.92. The number of rotatable bonds is 5. The van der Waals surface area contributed by atoms with Crippen LogP contribution in [0.5, 0.6) is 5.88 Å². The number of nitrogens with zero attached hydrogens (tertiary/aromatic N) is 4. The van der Waals surface area contributed by atoms with Gasteiger partial charge in [-0.15, -0.1) is 0 Å². The Labute approximate surface area is 188 Å². The molecule has 11 heteroatoms. The van der Waals surface area contributed by atoms with E-state index in [9.17, 15) is 17.2 Å². The Balaban J connectivity index is 1.76. The molecule has 0 aliphatic carbocycles. The van der Waals surface area contributed by atoms with E-state index in [1.54, 1.807) is 22.8 Å². The molecule has 0 fully saturated rings. The molecule has 3 heterocycles. The molecule has 33 heavy (non-hydrogen) atoms. The maximum absolute atomic E-state index is 14.1. The van der Waals surface area contributed by atoms with Crippen LogP contribution in [-0.4, -0.2) is 35.1 Å². The highest BCUT2D eigenvalue weighted by Gasteiger charge is 2.22. The van der Waals surface area contributed by atoms with Crippen molar-refractivity contribution < 1.29 is 21.9 Å². The van der Waals surface area contributed by atoms with Gasteiger partial charge in [0.25, 0.3) is 10.0 Å². The average Bonchev–Trinajstić information content (AvgIpc) is 3.19. The van der Waals surface area contributed by atoms with Gasteiger partial charge in [0.2, 0.25) is 5.88 Å². The zero-order valence-corrected chi connectivity index (χ0v) is 18.3. The van der Waals surface area contributed by atoms with Gasteiger partial charge in [-0.25, -0.2) is 31.7 Å². The minimum Gasteiger partial charge on any atom is -0.480 e. The van der Waals surface area contributed by atoms with Crippen molar-refractivity contribution in [3.63, 3.8) is 0 Å². The zero-order chi connectivity index (χ0) is 23.6. The maximum atomic E-state index is 14.1. The number of methoxy groups -OCH3 is 1. The maximum Gasteiger partial charge on any atom is 0.264 e. The number of pyridine rings is 1. The summed E-state index contributed by atoms with van der Waals surface area (Å²) >= 11 is 0. The van der Waals surface area contributed by atoms with E-state index in [2.05, 4.69) is 31.6 Å². The molecule has 8 nitrogen and oxygen atoms in total. The molecule has 0 spiro atoms. The van der Waals surface area contributed by atoms with Crippen LogP contribution in [0.2, 0.25) is 0 Å². The zero-order valence-electron chi connectivity index (χ0n) is 17.5. The molecule has 3 aromatic heterocycles. The number of benzene rings is 1. The van der Waals surface area contributed by atoms with E-state index in [1.807, 2.05) is 6.92 Å². The second-order valence-corrected chi connectivity index (χ2v) is 8.40. The number of ether oxygens (including phenoxy) is 1. The summed E-state index contributed by atoms with van der Waals surface area (Å²) in [6.45, 7) is 1.93. The lowest BCUT2D eigenvalue weighted by molar-refractivity contribution is 0.400. The molecule has 0 saturated carbocycles. The number of anilines is 1. The van der Waals surface area contributed by atoms with Crippen LogP contribution in [-0.2, 0) is 10.0 Å². The summed E-state index contributed by atoms with van der Waals surface area (Å²) in [5.74, 6) is 3.79. The van der Waals surface area contributed by atoms with E-state index in [1.165, 1.54) is 19.4 Å². The predicted molar refractivity (Wildman–Crippen MR) is 117 cm³/mol. The monoisotopic (exact) mass is 469 g/mol. The summed E-state index contributed by atoms with van der Waals surface area (Å²) in [4.78, 5) is 7.67. The summed E-state index contributed by atoms with van der Waals surface area (Å²) in [6.07, 6.45) is 3.74. The van der Waals surface area contributed by atoms with Crippen molar-refractivity contribution in [2.75, 3.05) is 11.8 Å². The van der Waals surface area contributed by atoms with Crippen LogP contribution in [0.1, 0.15) is 19.0 Å². The molecule has 0 saturated heterocycles. The molecular weight excluding hydrogens is 452 g/mol. The van der Waals surface area contributed by atoms with E-state index in [4.69, 9.17) is 4.74 Å². The number of aromatic nitrogens is 4. The van der Waals surface area contributed by atoms with Gasteiger partial charge in [0.1, 0.15) is 27.9 Å². The standard InChI is InChI=1S/C22H17F2N5O3S/c1-3-4-5-16-13-25-21-9-7-18(27-29(16)21)14-10-19(22(32-2)26-12-14)28-33(30,31)20-8-6-15(23)11-17(20)24/h6-13,28H,3H2,1-2H3. The van der Waals surface area contributed by atoms with Crippen LogP contribution >= 0.6 is 0 Å². The van der Waals surface area contributed by atoms with E-state index in [0.29, 0.717) is 35.1 Å². The highest BCUT2D eigenvalue weighted by atomic mass is 32.2. The Morgan fingerprint density at radius 3 is 2.67 bits per heavy atom. The first-order valence-electron chi connectivity index (χ1n) is 9.68. The van der Waals surface area contributed by atoms with Crippen LogP contribution in [0.4, 0.5) is 14.5 Å². The average molecular weight is 469 g/mol. The van der Waals surface area contributed by atoms with Gasteiger partial charge in [0, 0.05) is 24.2 Å². The first-order chi connectivity index (χ1) is 15.8. The van der Waals surface area contributed by atoms with E-state index < -0.39 is 26.6 Å². The smallest absolute Gasteiger partial charge is 0.264 e. The van der Waals surface area contributed by atoms with Crippen molar-refractivity contribution in [1.82, 2.24) is 19.6 Å². The number of hydrogen-bond acceptors (Lipinski definition) is 6. The van der Waals surface area contributed by atoms with Crippen LogP contribution in [0, 0.1) is 23.5 Å². The number of sulfonamides is 1. The summed E-state index contributed by atoms with van der Waals surface area (Å²) in [7, 11) is -3.09. The number of imidazole rings is 1. The molecule has 0 atom stereocenters. The molecule has 0 bridgehead atoms. The minimum absolute atomic E-state index is 0.0388. The summed E-state index contributed by atoms with van der Waals surface area (Å²) in [5, 5.41) is 4.53. The quantitative estimate of drug-likeness (QED) is 0.448. The third-order valence-corrected chi connectivity index (χ3v) is 5.92. The number of fused-ring (bicyclic) bond motifs is 1. The Kier molecular flexibility index (Phi) is 5.93. The van der Waals surface area contributed by atoms with Gasteiger partial charge < -0.3 is 4.74 Å². The topological polar surface area (TPSA) is 98.5 Å². The highest BCUT2D eigenvalue weighted by Crippen LogP contribution is 2.30. The first kappa shape index (κ1) is 22.2. The Bertz CT molecular complexity index is 1520. The number of nitrogens with one attached hydrogen (secondary N) is 1. The van der Waals surface area contributed by atoms with Crippen LogP contribution in [0.25, 0.3) is 16.9 Å². The summed E-state index contributed by atoms with van der Waals surface area (Å²) < 4.78 is 61.7. The van der Waals surface area contributed by atoms with Gasteiger partial charge in [-0.3, -0.25) is 4.72 Å². The van der Waals surface area contributed by atoms with E-state index >= 15 is 0 Å². The molecule has 0 unspecified atom stereocenters. The first-order valence-corrected chi connectivity index (χ1v) is 11.2. The lowest BCUT2D eigenvalue weighted by atomic mass is 10.2. The van der Waals surface area contributed by atoms with Crippen LogP contribution in [0.15, 0.2) is 53.7 Å². The second kappa shape index (κ2) is 8.84. The molecule has 4 aromatic rings. The van der Waals surface area contributed by atoms with Crippen molar-refractivity contribution in [3.8, 4) is 29.0 Å². The van der Waals surface area contributed by atoms with E-state index in [0.717, 1.165) is 12.1 Å². The van der Waals surface area contributed by atoms with E-state index in [-0.39, 0.29) is 11.6 Å². The molecule has 0 radical (unpaired) electrons. The van der Waals surface area contributed by atoms with Crippen molar-refractivity contribution in [3.05, 3.63) is 66.1 Å². The third-order valence-electron chi connectivity index (χ3n) is 4.52. The van der Waals surface area contributed by atoms with Gasteiger partial charge >= 0.3 is 0 Å². The third kappa shape index (κ3) is 4.47. The summed E-state index contributed by atoms with van der Waals surface area (Å²) in [5.41, 5.74) is 2.06. The van der Waals surface area contributed by atoms with Gasteiger partial charge in [-0.2, -0.15) is 5.10 Å². The normalized spacial score (nSPS) is 11.2. The SMILES string of the molecule is CCC#Cc1cnc2ccc(-c3cnc(OC)c(NS(=O)(=O)c4ccc(F)cc4F)c3)nn12. The molecule has 4 rings (SSSR count). The largest absolute Gasteiger partial charge is 0.480 e. The molecule has 1 N–H and O–H groups in total. The minimum atomic E-state index is -4.40. The van der Waals surface area contributed by atoms with Crippen LogP contribution in [0.3, 0.4) is 0 Å². The Morgan fingerprint density at radius 1 is 1.12 bits per heavy atom. The van der Waals surface area contributed by atoms with Gasteiger partial charge in [-0.1, -0.05) is 12.8 Å². The fraction of sp³-hybridized carbons (Fsp3) is 0.136. The molecule has 0 aliphatic rings. The van der Waals surface area contributed by atoms with Gasteiger partial charge in [-0.05, 0) is 36.3 Å². The lowest BCUT2D eigenvalue weighted by Gasteiger charge is -2.13. The Hall–Kier alpha value is -4.04.